The smallest absolute Gasteiger partial charge is 0.0910 e. The molecule has 0 spiro atoms. The summed E-state index contributed by atoms with van der Waals surface area (Å²) in [5, 5.41) is 16.5. The van der Waals surface area contributed by atoms with Gasteiger partial charge in [-0.1, -0.05) is 12.1 Å². The molecule has 0 radical (unpaired) electrons. The molecular weight excluding hydrogens is 242 g/mol. The molecule has 0 bridgehead atoms. The first-order chi connectivity index (χ1) is 9.22. The van der Waals surface area contributed by atoms with E-state index in [0.29, 0.717) is 12.6 Å². The Morgan fingerprint density at radius 1 is 1.53 bits per heavy atom. The summed E-state index contributed by atoms with van der Waals surface area (Å²) < 4.78 is 7.87. The van der Waals surface area contributed by atoms with Gasteiger partial charge in [-0.3, -0.25) is 4.68 Å². The van der Waals surface area contributed by atoms with Crippen molar-refractivity contribution in [2.45, 2.75) is 64.7 Å². The summed E-state index contributed by atoms with van der Waals surface area (Å²) in [7, 11) is 0. The SMILES string of the molecule is CCC(C)n1ccc(COC2CCC(=NO)CC2)n1. The summed E-state index contributed by atoms with van der Waals surface area (Å²) in [6.45, 7) is 4.89. The van der Waals surface area contributed by atoms with Crippen LogP contribution in [0.1, 0.15) is 57.7 Å². The van der Waals surface area contributed by atoms with Crippen LogP contribution in [-0.4, -0.2) is 26.8 Å². The van der Waals surface area contributed by atoms with Crippen molar-refractivity contribution in [2.75, 3.05) is 0 Å². The molecule has 2 rings (SSSR count). The Kier molecular flexibility index (Phi) is 4.96. The molecule has 5 heteroatoms. The van der Waals surface area contributed by atoms with Gasteiger partial charge in [0.2, 0.25) is 0 Å². The molecule has 0 saturated heterocycles. The van der Waals surface area contributed by atoms with Crippen LogP contribution >= 0.6 is 0 Å². The third-order valence-electron chi connectivity index (χ3n) is 3.82. The topological polar surface area (TPSA) is 59.6 Å². The quantitative estimate of drug-likeness (QED) is 0.657. The highest BCUT2D eigenvalue weighted by molar-refractivity contribution is 5.84. The van der Waals surface area contributed by atoms with E-state index in [4.69, 9.17) is 9.94 Å². The zero-order valence-electron chi connectivity index (χ0n) is 11.7. The highest BCUT2D eigenvalue weighted by Crippen LogP contribution is 2.20. The fourth-order valence-electron chi connectivity index (χ4n) is 2.28. The first-order valence-electron chi connectivity index (χ1n) is 7.08. The lowest BCUT2D eigenvalue weighted by Crippen LogP contribution is -2.21. The van der Waals surface area contributed by atoms with Crippen LogP contribution in [0.25, 0.3) is 0 Å². The van der Waals surface area contributed by atoms with Crippen molar-refractivity contribution >= 4 is 5.71 Å². The molecule has 0 aromatic carbocycles. The van der Waals surface area contributed by atoms with Gasteiger partial charge in [-0.15, -0.1) is 0 Å². The van der Waals surface area contributed by atoms with Crippen molar-refractivity contribution in [1.29, 1.82) is 0 Å². The fraction of sp³-hybridized carbons (Fsp3) is 0.714. The second kappa shape index (κ2) is 6.70. The van der Waals surface area contributed by atoms with Crippen LogP contribution in [-0.2, 0) is 11.3 Å². The molecule has 1 aromatic rings. The lowest BCUT2D eigenvalue weighted by molar-refractivity contribution is 0.0257. The minimum atomic E-state index is 0.263. The van der Waals surface area contributed by atoms with Gasteiger partial charge in [0.1, 0.15) is 0 Å². The van der Waals surface area contributed by atoms with E-state index >= 15 is 0 Å². The molecule has 1 aliphatic rings. The Bertz CT molecular complexity index is 418. The van der Waals surface area contributed by atoms with E-state index in [1.807, 2.05) is 16.9 Å². The van der Waals surface area contributed by atoms with Gasteiger partial charge in [0, 0.05) is 12.2 Å². The summed E-state index contributed by atoms with van der Waals surface area (Å²) in [5.74, 6) is 0. The summed E-state index contributed by atoms with van der Waals surface area (Å²) in [5.41, 5.74) is 1.88. The van der Waals surface area contributed by atoms with Gasteiger partial charge < -0.3 is 9.94 Å². The first-order valence-corrected chi connectivity index (χ1v) is 7.08. The van der Waals surface area contributed by atoms with Crippen LogP contribution in [0.5, 0.6) is 0 Å². The fourth-order valence-corrected chi connectivity index (χ4v) is 2.28. The van der Waals surface area contributed by atoms with Gasteiger partial charge in [-0.05, 0) is 45.1 Å². The molecule has 1 unspecified atom stereocenters. The molecule has 1 heterocycles. The average Bonchev–Trinajstić information content (AvgIpc) is 2.93. The van der Waals surface area contributed by atoms with E-state index in [1.54, 1.807) is 0 Å². The van der Waals surface area contributed by atoms with Crippen LogP contribution < -0.4 is 0 Å². The Morgan fingerprint density at radius 3 is 2.89 bits per heavy atom. The summed E-state index contributed by atoms with van der Waals surface area (Å²) in [4.78, 5) is 0. The Labute approximate surface area is 114 Å². The van der Waals surface area contributed by atoms with Crippen molar-refractivity contribution < 1.29 is 9.94 Å². The number of rotatable bonds is 5. The molecule has 0 aliphatic heterocycles. The molecule has 1 N–H and O–H groups in total. The lowest BCUT2D eigenvalue weighted by Gasteiger charge is -2.22. The Balaban J connectivity index is 1.78. The molecule has 1 fully saturated rings. The molecule has 1 aromatic heterocycles. The standard InChI is InChI=1S/C14H23N3O2/c1-3-11(2)17-9-8-13(15-17)10-19-14-6-4-12(16-18)5-7-14/h8-9,11,14,18H,3-7,10H2,1-2H3. The van der Waals surface area contributed by atoms with Crippen LogP contribution in [0.3, 0.4) is 0 Å². The molecule has 106 valence electrons. The van der Waals surface area contributed by atoms with E-state index in [2.05, 4.69) is 24.1 Å². The monoisotopic (exact) mass is 265 g/mol. The van der Waals surface area contributed by atoms with Gasteiger partial charge in [-0.2, -0.15) is 5.10 Å². The first kappa shape index (κ1) is 14.1. The number of ether oxygens (including phenoxy) is 1. The number of aromatic nitrogens is 2. The van der Waals surface area contributed by atoms with Crippen LogP contribution in [0, 0.1) is 0 Å². The maximum atomic E-state index is 8.70. The minimum Gasteiger partial charge on any atom is -0.411 e. The molecular formula is C14H23N3O2. The summed E-state index contributed by atoms with van der Waals surface area (Å²) >= 11 is 0. The zero-order valence-corrected chi connectivity index (χ0v) is 11.7. The zero-order chi connectivity index (χ0) is 13.7. The molecule has 1 atom stereocenters. The maximum Gasteiger partial charge on any atom is 0.0910 e. The van der Waals surface area contributed by atoms with E-state index < -0.39 is 0 Å². The molecule has 5 nitrogen and oxygen atoms in total. The van der Waals surface area contributed by atoms with E-state index in [-0.39, 0.29) is 6.10 Å². The lowest BCUT2D eigenvalue weighted by atomic mass is 9.96. The number of hydrogen-bond donors (Lipinski definition) is 1. The van der Waals surface area contributed by atoms with Gasteiger partial charge >= 0.3 is 0 Å². The predicted octanol–water partition coefficient (Wildman–Crippen LogP) is 3.14. The average molecular weight is 265 g/mol. The van der Waals surface area contributed by atoms with Crippen molar-refractivity contribution in [1.82, 2.24) is 9.78 Å². The van der Waals surface area contributed by atoms with Crippen molar-refractivity contribution in [3.05, 3.63) is 18.0 Å². The minimum absolute atomic E-state index is 0.263. The second-order valence-electron chi connectivity index (χ2n) is 5.22. The van der Waals surface area contributed by atoms with Crippen LogP contribution in [0.2, 0.25) is 0 Å². The van der Waals surface area contributed by atoms with E-state index in [0.717, 1.165) is 43.5 Å². The van der Waals surface area contributed by atoms with Crippen molar-refractivity contribution in [3.63, 3.8) is 0 Å². The summed E-state index contributed by atoms with van der Waals surface area (Å²) in [6, 6.07) is 2.46. The Morgan fingerprint density at radius 2 is 2.26 bits per heavy atom. The normalized spacial score (nSPS) is 21.4. The van der Waals surface area contributed by atoms with E-state index in [1.165, 1.54) is 0 Å². The highest BCUT2D eigenvalue weighted by Gasteiger charge is 2.18. The van der Waals surface area contributed by atoms with Gasteiger partial charge in [0.25, 0.3) is 0 Å². The number of oxime groups is 1. The van der Waals surface area contributed by atoms with Crippen LogP contribution in [0.4, 0.5) is 0 Å². The van der Waals surface area contributed by atoms with Gasteiger partial charge in [0.15, 0.2) is 0 Å². The largest absolute Gasteiger partial charge is 0.411 e. The third kappa shape index (κ3) is 3.80. The van der Waals surface area contributed by atoms with Crippen molar-refractivity contribution in [3.8, 4) is 0 Å². The van der Waals surface area contributed by atoms with Gasteiger partial charge in [0.05, 0.1) is 24.1 Å². The predicted molar refractivity (Wildman–Crippen MR) is 73.5 cm³/mol. The maximum absolute atomic E-state index is 8.70. The molecule has 0 amide bonds. The number of nitrogens with zero attached hydrogens (tertiary/aromatic N) is 3. The third-order valence-corrected chi connectivity index (χ3v) is 3.82. The molecule has 19 heavy (non-hydrogen) atoms. The van der Waals surface area contributed by atoms with E-state index in [9.17, 15) is 0 Å². The van der Waals surface area contributed by atoms with Crippen molar-refractivity contribution in [2.24, 2.45) is 5.16 Å². The highest BCUT2D eigenvalue weighted by atomic mass is 16.5. The summed E-state index contributed by atoms with van der Waals surface area (Å²) in [6.07, 6.45) is 6.90. The molecule has 1 saturated carbocycles. The van der Waals surface area contributed by atoms with Crippen LogP contribution in [0.15, 0.2) is 17.4 Å². The Hall–Kier alpha value is -1.36. The van der Waals surface area contributed by atoms with Gasteiger partial charge in [-0.25, -0.2) is 0 Å². The second-order valence-corrected chi connectivity index (χ2v) is 5.22. The number of hydrogen-bond acceptors (Lipinski definition) is 4. The molecule has 1 aliphatic carbocycles.